The fourth-order valence-corrected chi connectivity index (χ4v) is 2.19. The molecule has 0 spiro atoms. The average molecular weight is 345 g/mol. The zero-order valence-electron chi connectivity index (χ0n) is 13.0. The van der Waals surface area contributed by atoms with Gasteiger partial charge in [0, 0.05) is 25.0 Å². The van der Waals surface area contributed by atoms with Gasteiger partial charge in [-0.1, -0.05) is 18.2 Å². The Hall–Kier alpha value is -3.16. The molecule has 0 fully saturated rings. The highest BCUT2D eigenvalue weighted by molar-refractivity contribution is 5.63. The molecule has 2 aromatic heterocycles. The Morgan fingerprint density at radius 3 is 2.52 bits per heavy atom. The Kier molecular flexibility index (Phi) is 4.78. The third-order valence-electron chi connectivity index (χ3n) is 3.36. The number of alkyl halides is 3. The summed E-state index contributed by atoms with van der Waals surface area (Å²) >= 11 is 0. The second-order valence-corrected chi connectivity index (χ2v) is 5.17. The Labute approximate surface area is 142 Å². The SMILES string of the molecule is FC(F)(F)c1ccccc1Nc1cc(NCc2cccnc2)ncn1. The summed E-state index contributed by atoms with van der Waals surface area (Å²) in [5, 5.41) is 5.77. The number of nitrogens with zero attached hydrogens (tertiary/aromatic N) is 3. The Bertz CT molecular complexity index is 837. The van der Waals surface area contributed by atoms with Crippen LogP contribution in [0.2, 0.25) is 0 Å². The van der Waals surface area contributed by atoms with Crippen LogP contribution in [0.4, 0.5) is 30.5 Å². The second kappa shape index (κ2) is 7.16. The molecule has 0 amide bonds. The summed E-state index contributed by atoms with van der Waals surface area (Å²) in [6.45, 7) is 0.490. The van der Waals surface area contributed by atoms with E-state index in [-0.39, 0.29) is 11.5 Å². The monoisotopic (exact) mass is 345 g/mol. The van der Waals surface area contributed by atoms with Crippen LogP contribution in [0.5, 0.6) is 0 Å². The third kappa shape index (κ3) is 4.43. The van der Waals surface area contributed by atoms with Gasteiger partial charge in [-0.2, -0.15) is 13.2 Å². The first-order valence-electron chi connectivity index (χ1n) is 7.40. The fourth-order valence-electron chi connectivity index (χ4n) is 2.19. The molecule has 0 aliphatic carbocycles. The number of aromatic nitrogens is 3. The maximum absolute atomic E-state index is 13.0. The second-order valence-electron chi connectivity index (χ2n) is 5.17. The van der Waals surface area contributed by atoms with Crippen molar-refractivity contribution in [2.75, 3.05) is 10.6 Å². The van der Waals surface area contributed by atoms with Crippen molar-refractivity contribution in [3.63, 3.8) is 0 Å². The summed E-state index contributed by atoms with van der Waals surface area (Å²) in [6, 6.07) is 10.5. The quantitative estimate of drug-likeness (QED) is 0.724. The predicted molar refractivity (Wildman–Crippen MR) is 88.3 cm³/mol. The molecule has 0 saturated carbocycles. The Morgan fingerprint density at radius 1 is 0.960 bits per heavy atom. The molecule has 0 saturated heterocycles. The molecule has 0 radical (unpaired) electrons. The van der Waals surface area contributed by atoms with Crippen molar-refractivity contribution in [3.05, 3.63) is 72.3 Å². The van der Waals surface area contributed by atoms with Gasteiger partial charge in [0.05, 0.1) is 11.3 Å². The van der Waals surface area contributed by atoms with E-state index in [0.717, 1.165) is 11.6 Å². The standard InChI is InChI=1S/C17H14F3N5/c18-17(19,20)13-5-1-2-6-14(13)25-16-8-15(23-11-24-16)22-10-12-4-3-7-21-9-12/h1-9,11H,10H2,(H2,22,23,24,25). The first-order chi connectivity index (χ1) is 12.0. The smallest absolute Gasteiger partial charge is 0.366 e. The van der Waals surface area contributed by atoms with Crippen molar-refractivity contribution < 1.29 is 13.2 Å². The molecule has 25 heavy (non-hydrogen) atoms. The lowest BCUT2D eigenvalue weighted by molar-refractivity contribution is -0.136. The van der Waals surface area contributed by atoms with Crippen LogP contribution in [0.3, 0.4) is 0 Å². The number of hydrogen-bond donors (Lipinski definition) is 2. The lowest BCUT2D eigenvalue weighted by atomic mass is 10.1. The van der Waals surface area contributed by atoms with Gasteiger partial charge in [-0.3, -0.25) is 4.98 Å². The van der Waals surface area contributed by atoms with Crippen molar-refractivity contribution >= 4 is 17.3 Å². The fraction of sp³-hybridized carbons (Fsp3) is 0.118. The molecule has 0 aliphatic heterocycles. The van der Waals surface area contributed by atoms with Crippen molar-refractivity contribution in [1.82, 2.24) is 15.0 Å². The van der Waals surface area contributed by atoms with Crippen molar-refractivity contribution in [3.8, 4) is 0 Å². The van der Waals surface area contributed by atoms with E-state index in [1.54, 1.807) is 18.5 Å². The molecule has 0 bridgehead atoms. The van der Waals surface area contributed by atoms with E-state index >= 15 is 0 Å². The molecule has 128 valence electrons. The zero-order valence-corrected chi connectivity index (χ0v) is 13.0. The van der Waals surface area contributed by atoms with Crippen LogP contribution in [0.1, 0.15) is 11.1 Å². The van der Waals surface area contributed by atoms with Crippen LogP contribution in [0, 0.1) is 0 Å². The van der Waals surface area contributed by atoms with E-state index in [1.165, 1.54) is 24.5 Å². The molecule has 8 heteroatoms. The Balaban J connectivity index is 1.74. The normalized spacial score (nSPS) is 11.2. The highest BCUT2D eigenvalue weighted by Gasteiger charge is 2.33. The summed E-state index contributed by atoms with van der Waals surface area (Å²) in [6.07, 6.45) is 0.226. The molecule has 0 aliphatic rings. The Morgan fingerprint density at radius 2 is 1.76 bits per heavy atom. The molecule has 3 rings (SSSR count). The van der Waals surface area contributed by atoms with Crippen molar-refractivity contribution in [2.45, 2.75) is 12.7 Å². The lowest BCUT2D eigenvalue weighted by Crippen LogP contribution is -2.09. The van der Waals surface area contributed by atoms with Crippen LogP contribution in [-0.2, 0) is 12.7 Å². The maximum atomic E-state index is 13.0. The van der Waals surface area contributed by atoms with E-state index in [9.17, 15) is 13.2 Å². The molecule has 5 nitrogen and oxygen atoms in total. The van der Waals surface area contributed by atoms with Crippen LogP contribution in [-0.4, -0.2) is 15.0 Å². The molecule has 3 aromatic rings. The summed E-state index contributed by atoms with van der Waals surface area (Å²) in [4.78, 5) is 12.0. The number of benzene rings is 1. The van der Waals surface area contributed by atoms with Crippen LogP contribution in [0.15, 0.2) is 61.2 Å². The molecule has 2 heterocycles. The number of pyridine rings is 1. The molecule has 0 atom stereocenters. The van der Waals surface area contributed by atoms with Crippen LogP contribution >= 0.6 is 0 Å². The van der Waals surface area contributed by atoms with Gasteiger partial charge in [-0.15, -0.1) is 0 Å². The minimum Gasteiger partial charge on any atom is -0.366 e. The van der Waals surface area contributed by atoms with Gasteiger partial charge in [0.15, 0.2) is 0 Å². The first kappa shape index (κ1) is 16.7. The molecular formula is C17H14F3N5. The summed E-state index contributed by atoms with van der Waals surface area (Å²) in [5.74, 6) is 0.756. The average Bonchev–Trinajstić information content (AvgIpc) is 2.61. The highest BCUT2D eigenvalue weighted by Crippen LogP contribution is 2.35. The molecule has 1 aromatic carbocycles. The topological polar surface area (TPSA) is 62.7 Å². The minimum atomic E-state index is -4.45. The van der Waals surface area contributed by atoms with E-state index < -0.39 is 11.7 Å². The predicted octanol–water partition coefficient (Wildman–Crippen LogP) is 4.25. The number of nitrogens with one attached hydrogen (secondary N) is 2. The summed E-state index contributed by atoms with van der Waals surface area (Å²) in [7, 11) is 0. The molecule has 0 unspecified atom stereocenters. The van der Waals surface area contributed by atoms with Gasteiger partial charge in [0.2, 0.25) is 0 Å². The van der Waals surface area contributed by atoms with Gasteiger partial charge in [0.25, 0.3) is 0 Å². The summed E-state index contributed by atoms with van der Waals surface area (Å²) < 4.78 is 39.1. The molecular weight excluding hydrogens is 331 g/mol. The van der Waals surface area contributed by atoms with E-state index in [1.807, 2.05) is 12.1 Å². The lowest BCUT2D eigenvalue weighted by Gasteiger charge is -2.14. The van der Waals surface area contributed by atoms with Gasteiger partial charge >= 0.3 is 6.18 Å². The molecule has 2 N–H and O–H groups in total. The van der Waals surface area contributed by atoms with Gasteiger partial charge in [-0.25, -0.2) is 9.97 Å². The van der Waals surface area contributed by atoms with Gasteiger partial charge in [0.1, 0.15) is 18.0 Å². The zero-order chi connectivity index (χ0) is 17.7. The van der Waals surface area contributed by atoms with Crippen LogP contribution < -0.4 is 10.6 Å². The summed E-state index contributed by atoms with van der Waals surface area (Å²) in [5.41, 5.74) is 0.142. The highest BCUT2D eigenvalue weighted by atomic mass is 19.4. The largest absolute Gasteiger partial charge is 0.418 e. The number of halogens is 3. The number of anilines is 3. The number of hydrogen-bond acceptors (Lipinski definition) is 5. The van der Waals surface area contributed by atoms with Gasteiger partial charge < -0.3 is 10.6 Å². The first-order valence-corrected chi connectivity index (χ1v) is 7.40. The third-order valence-corrected chi connectivity index (χ3v) is 3.36. The van der Waals surface area contributed by atoms with Crippen LogP contribution in [0.25, 0.3) is 0 Å². The van der Waals surface area contributed by atoms with E-state index in [2.05, 4.69) is 25.6 Å². The van der Waals surface area contributed by atoms with Crippen molar-refractivity contribution in [1.29, 1.82) is 0 Å². The van der Waals surface area contributed by atoms with Crippen molar-refractivity contribution in [2.24, 2.45) is 0 Å². The van der Waals surface area contributed by atoms with E-state index in [4.69, 9.17) is 0 Å². The number of rotatable bonds is 5. The number of para-hydroxylation sites is 1. The van der Waals surface area contributed by atoms with E-state index in [0.29, 0.717) is 12.4 Å². The van der Waals surface area contributed by atoms with Gasteiger partial charge in [-0.05, 0) is 23.8 Å². The maximum Gasteiger partial charge on any atom is 0.418 e. The minimum absolute atomic E-state index is 0.0630.